The minimum atomic E-state index is -0.0839. The normalized spacial score (nSPS) is 28.6. The summed E-state index contributed by atoms with van der Waals surface area (Å²) in [6.45, 7) is 8.43. The Morgan fingerprint density at radius 2 is 2.28 bits per heavy atom. The Labute approximate surface area is 115 Å². The van der Waals surface area contributed by atoms with Gasteiger partial charge in [-0.2, -0.15) is 0 Å². The Hall–Kier alpha value is -0.570. The van der Waals surface area contributed by atoms with Crippen LogP contribution in [-0.4, -0.2) is 18.7 Å². The van der Waals surface area contributed by atoms with Crippen molar-refractivity contribution in [3.8, 4) is 0 Å². The van der Waals surface area contributed by atoms with Crippen molar-refractivity contribution in [2.45, 2.75) is 38.9 Å². The number of morpholine rings is 1. The summed E-state index contributed by atoms with van der Waals surface area (Å²) in [7, 11) is 0. The molecule has 1 aromatic carbocycles. The van der Waals surface area contributed by atoms with Gasteiger partial charge in [0.25, 0.3) is 0 Å². The third-order valence-corrected chi connectivity index (χ3v) is 3.55. The van der Waals surface area contributed by atoms with Crippen LogP contribution in [0.15, 0.2) is 24.3 Å². The summed E-state index contributed by atoms with van der Waals surface area (Å²) >= 11 is 6.04. The summed E-state index contributed by atoms with van der Waals surface area (Å²) < 4.78 is 6.30. The van der Waals surface area contributed by atoms with Crippen LogP contribution in [0.1, 0.15) is 38.9 Å². The van der Waals surface area contributed by atoms with Gasteiger partial charge in [-0.1, -0.05) is 37.6 Å². The lowest BCUT2D eigenvalue weighted by Crippen LogP contribution is -2.49. The topological polar surface area (TPSA) is 21.3 Å². The first-order valence-electron chi connectivity index (χ1n) is 6.62. The molecule has 0 saturated carbocycles. The molecular weight excluding hydrogens is 246 g/mol. The first-order valence-corrected chi connectivity index (χ1v) is 7.00. The summed E-state index contributed by atoms with van der Waals surface area (Å²) in [5.41, 5.74) is 1.07. The van der Waals surface area contributed by atoms with Gasteiger partial charge in [-0.3, -0.25) is 0 Å². The van der Waals surface area contributed by atoms with E-state index in [1.807, 2.05) is 18.2 Å². The lowest BCUT2D eigenvalue weighted by molar-refractivity contribution is -0.117. The number of nitrogens with one attached hydrogen (secondary N) is 1. The first kappa shape index (κ1) is 13.9. The average Bonchev–Trinajstić information content (AvgIpc) is 2.27. The van der Waals surface area contributed by atoms with Gasteiger partial charge in [-0.25, -0.2) is 0 Å². The van der Waals surface area contributed by atoms with Gasteiger partial charge in [-0.05, 0) is 37.0 Å². The lowest BCUT2D eigenvalue weighted by Gasteiger charge is -2.40. The highest BCUT2D eigenvalue weighted by atomic mass is 35.5. The molecule has 1 aliphatic heterocycles. The smallest absolute Gasteiger partial charge is 0.0957 e. The molecule has 3 heteroatoms. The highest BCUT2D eigenvalue weighted by molar-refractivity contribution is 6.30. The molecule has 0 aromatic heterocycles. The monoisotopic (exact) mass is 267 g/mol. The molecule has 18 heavy (non-hydrogen) atoms. The number of hydrogen-bond donors (Lipinski definition) is 1. The van der Waals surface area contributed by atoms with E-state index in [9.17, 15) is 0 Å². The van der Waals surface area contributed by atoms with Gasteiger partial charge in [0.1, 0.15) is 0 Å². The van der Waals surface area contributed by atoms with E-state index in [4.69, 9.17) is 16.3 Å². The third kappa shape index (κ3) is 3.47. The van der Waals surface area contributed by atoms with Crippen molar-refractivity contribution in [3.05, 3.63) is 34.9 Å². The third-order valence-electron chi connectivity index (χ3n) is 3.32. The van der Waals surface area contributed by atoms with E-state index in [0.717, 1.165) is 30.1 Å². The molecule has 100 valence electrons. The van der Waals surface area contributed by atoms with E-state index >= 15 is 0 Å². The Morgan fingerprint density at radius 3 is 2.94 bits per heavy atom. The van der Waals surface area contributed by atoms with Crippen molar-refractivity contribution in [3.63, 3.8) is 0 Å². The van der Waals surface area contributed by atoms with Gasteiger partial charge in [-0.15, -0.1) is 0 Å². The SMILES string of the molecule is CC(C)CC1(C)CNCC(c2cccc(Cl)c2)O1. The van der Waals surface area contributed by atoms with E-state index in [-0.39, 0.29) is 11.7 Å². The van der Waals surface area contributed by atoms with Gasteiger partial charge in [0, 0.05) is 18.1 Å². The van der Waals surface area contributed by atoms with Crippen LogP contribution in [0.2, 0.25) is 5.02 Å². The lowest BCUT2D eigenvalue weighted by atomic mass is 9.91. The second-order valence-electron chi connectivity index (χ2n) is 5.84. The number of halogens is 1. The Morgan fingerprint density at radius 1 is 1.50 bits per heavy atom. The minimum absolute atomic E-state index is 0.0839. The molecule has 1 N–H and O–H groups in total. The van der Waals surface area contributed by atoms with Crippen molar-refractivity contribution in [2.75, 3.05) is 13.1 Å². The quantitative estimate of drug-likeness (QED) is 0.899. The predicted molar refractivity (Wildman–Crippen MR) is 76.0 cm³/mol. The molecule has 0 bridgehead atoms. The van der Waals surface area contributed by atoms with Crippen LogP contribution in [0.3, 0.4) is 0 Å². The fourth-order valence-corrected chi connectivity index (χ4v) is 2.97. The zero-order valence-electron chi connectivity index (χ0n) is 11.4. The van der Waals surface area contributed by atoms with E-state index in [1.165, 1.54) is 0 Å². The fraction of sp³-hybridized carbons (Fsp3) is 0.600. The summed E-state index contributed by atoms with van der Waals surface area (Å²) in [5, 5.41) is 4.25. The zero-order valence-corrected chi connectivity index (χ0v) is 12.1. The second kappa shape index (κ2) is 5.60. The molecule has 2 unspecified atom stereocenters. The molecule has 0 amide bonds. The maximum atomic E-state index is 6.30. The molecule has 2 nitrogen and oxygen atoms in total. The standard InChI is InChI=1S/C15H22ClNO/c1-11(2)8-15(3)10-17-9-14(18-15)12-5-4-6-13(16)7-12/h4-7,11,14,17H,8-10H2,1-3H3. The summed E-state index contributed by atoms with van der Waals surface area (Å²) in [5.74, 6) is 0.634. The molecule has 1 aliphatic rings. The number of hydrogen-bond acceptors (Lipinski definition) is 2. The molecule has 0 radical (unpaired) electrons. The molecule has 1 heterocycles. The number of benzene rings is 1. The van der Waals surface area contributed by atoms with Crippen LogP contribution in [0.5, 0.6) is 0 Å². The van der Waals surface area contributed by atoms with Crippen molar-refractivity contribution < 1.29 is 4.74 Å². The average molecular weight is 268 g/mol. The zero-order chi connectivity index (χ0) is 13.2. The molecule has 1 saturated heterocycles. The van der Waals surface area contributed by atoms with Crippen LogP contribution in [0.4, 0.5) is 0 Å². The van der Waals surface area contributed by atoms with Crippen molar-refractivity contribution in [1.29, 1.82) is 0 Å². The van der Waals surface area contributed by atoms with Crippen molar-refractivity contribution >= 4 is 11.6 Å². The fourth-order valence-electron chi connectivity index (χ4n) is 2.77. The molecular formula is C15H22ClNO. The summed E-state index contributed by atoms with van der Waals surface area (Å²) in [6, 6.07) is 7.96. The highest BCUT2D eigenvalue weighted by Gasteiger charge is 2.34. The van der Waals surface area contributed by atoms with E-state index in [2.05, 4.69) is 32.2 Å². The van der Waals surface area contributed by atoms with Gasteiger partial charge >= 0.3 is 0 Å². The Kier molecular flexibility index (Phi) is 4.31. The van der Waals surface area contributed by atoms with Crippen LogP contribution >= 0.6 is 11.6 Å². The minimum Gasteiger partial charge on any atom is -0.365 e. The molecule has 2 atom stereocenters. The highest BCUT2D eigenvalue weighted by Crippen LogP contribution is 2.32. The molecule has 2 rings (SSSR count). The molecule has 1 aromatic rings. The van der Waals surface area contributed by atoms with E-state index in [0.29, 0.717) is 5.92 Å². The maximum Gasteiger partial charge on any atom is 0.0957 e. The largest absolute Gasteiger partial charge is 0.365 e. The van der Waals surface area contributed by atoms with Crippen molar-refractivity contribution in [2.24, 2.45) is 5.92 Å². The van der Waals surface area contributed by atoms with Crippen LogP contribution < -0.4 is 5.32 Å². The number of ether oxygens (including phenoxy) is 1. The predicted octanol–water partition coefficient (Wildman–Crippen LogP) is 3.81. The summed E-state index contributed by atoms with van der Waals surface area (Å²) in [6.07, 6.45) is 1.16. The maximum absolute atomic E-state index is 6.30. The number of rotatable bonds is 3. The van der Waals surface area contributed by atoms with Gasteiger partial charge in [0.2, 0.25) is 0 Å². The van der Waals surface area contributed by atoms with Gasteiger partial charge in [0.15, 0.2) is 0 Å². The second-order valence-corrected chi connectivity index (χ2v) is 6.28. The molecule has 1 fully saturated rings. The van der Waals surface area contributed by atoms with Crippen LogP contribution in [-0.2, 0) is 4.74 Å². The Balaban J connectivity index is 2.11. The van der Waals surface area contributed by atoms with E-state index in [1.54, 1.807) is 0 Å². The van der Waals surface area contributed by atoms with Gasteiger partial charge < -0.3 is 10.1 Å². The Bertz CT molecular complexity index is 407. The van der Waals surface area contributed by atoms with Crippen LogP contribution in [0, 0.1) is 5.92 Å². The molecule has 0 aliphatic carbocycles. The van der Waals surface area contributed by atoms with Crippen molar-refractivity contribution in [1.82, 2.24) is 5.32 Å². The summed E-state index contributed by atoms with van der Waals surface area (Å²) in [4.78, 5) is 0. The van der Waals surface area contributed by atoms with E-state index < -0.39 is 0 Å². The van der Waals surface area contributed by atoms with Gasteiger partial charge in [0.05, 0.1) is 11.7 Å². The van der Waals surface area contributed by atoms with Crippen LogP contribution in [0.25, 0.3) is 0 Å². The molecule has 0 spiro atoms. The first-order chi connectivity index (χ1) is 8.48.